The van der Waals surface area contributed by atoms with Gasteiger partial charge in [-0.25, -0.2) is 0 Å². The van der Waals surface area contributed by atoms with Crippen LogP contribution >= 0.6 is 11.6 Å². The van der Waals surface area contributed by atoms with Crippen molar-refractivity contribution in [1.82, 2.24) is 10.2 Å². The zero-order valence-electron chi connectivity index (χ0n) is 12.5. The van der Waals surface area contributed by atoms with Crippen molar-refractivity contribution in [2.24, 2.45) is 5.92 Å². The summed E-state index contributed by atoms with van der Waals surface area (Å²) in [4.78, 5) is 13.8. The second-order valence-electron chi connectivity index (χ2n) is 5.52. The molecule has 1 aliphatic rings. The van der Waals surface area contributed by atoms with Gasteiger partial charge in [-0.15, -0.1) is 0 Å². The lowest BCUT2D eigenvalue weighted by atomic mass is 10.0. The predicted octanol–water partition coefficient (Wildman–Crippen LogP) is 2.57. The lowest BCUT2D eigenvalue weighted by molar-refractivity contribution is -0.130. The summed E-state index contributed by atoms with van der Waals surface area (Å²) in [5.41, 5.74) is 0. The molecule has 5 heteroatoms. The van der Waals surface area contributed by atoms with Crippen LogP contribution in [0.25, 0.3) is 0 Å². The maximum absolute atomic E-state index is 12.0. The van der Waals surface area contributed by atoms with Gasteiger partial charge in [-0.05, 0) is 50.0 Å². The number of amides is 1. The van der Waals surface area contributed by atoms with E-state index in [0.717, 1.165) is 25.3 Å². The first-order valence-electron chi connectivity index (χ1n) is 7.48. The van der Waals surface area contributed by atoms with E-state index >= 15 is 0 Å². The minimum absolute atomic E-state index is 0.191. The van der Waals surface area contributed by atoms with E-state index in [-0.39, 0.29) is 5.91 Å². The van der Waals surface area contributed by atoms with Gasteiger partial charge in [-0.3, -0.25) is 4.79 Å². The van der Waals surface area contributed by atoms with Gasteiger partial charge in [-0.1, -0.05) is 17.7 Å². The summed E-state index contributed by atoms with van der Waals surface area (Å²) in [6, 6.07) is 7.29. The van der Waals surface area contributed by atoms with E-state index in [4.69, 9.17) is 16.3 Å². The maximum atomic E-state index is 12.0. The van der Waals surface area contributed by atoms with Crippen LogP contribution in [-0.2, 0) is 4.79 Å². The topological polar surface area (TPSA) is 41.6 Å². The van der Waals surface area contributed by atoms with Gasteiger partial charge in [-0.2, -0.15) is 0 Å². The zero-order chi connectivity index (χ0) is 15.1. The third kappa shape index (κ3) is 5.56. The van der Waals surface area contributed by atoms with Gasteiger partial charge in [0.05, 0.1) is 6.54 Å². The molecular weight excluding hydrogens is 288 g/mol. The summed E-state index contributed by atoms with van der Waals surface area (Å²) in [6.45, 7) is 3.21. The van der Waals surface area contributed by atoms with E-state index in [9.17, 15) is 4.79 Å². The number of benzene rings is 1. The Morgan fingerprint density at radius 2 is 2.38 bits per heavy atom. The lowest BCUT2D eigenvalue weighted by Gasteiger charge is -2.18. The summed E-state index contributed by atoms with van der Waals surface area (Å²) in [5, 5.41) is 3.98. The highest BCUT2D eigenvalue weighted by molar-refractivity contribution is 6.30. The molecule has 0 radical (unpaired) electrons. The van der Waals surface area contributed by atoms with Crippen LogP contribution in [-0.4, -0.2) is 44.1 Å². The number of hydrogen-bond donors (Lipinski definition) is 1. The van der Waals surface area contributed by atoms with Crippen LogP contribution < -0.4 is 10.1 Å². The number of likely N-dealkylation sites (N-methyl/N-ethyl adjacent to an activating group) is 1. The van der Waals surface area contributed by atoms with Gasteiger partial charge >= 0.3 is 0 Å². The largest absolute Gasteiger partial charge is 0.492 e. The molecule has 1 heterocycles. The highest BCUT2D eigenvalue weighted by Crippen LogP contribution is 2.17. The first-order chi connectivity index (χ1) is 10.1. The van der Waals surface area contributed by atoms with Crippen molar-refractivity contribution < 1.29 is 9.53 Å². The van der Waals surface area contributed by atoms with Crippen molar-refractivity contribution in [2.45, 2.75) is 19.3 Å². The SMILES string of the molecule is CN(CCOc1cccc(Cl)c1)C(=O)CCC1CCNC1. The lowest BCUT2D eigenvalue weighted by Crippen LogP contribution is -2.31. The minimum atomic E-state index is 0.191. The van der Waals surface area contributed by atoms with Gasteiger partial charge in [0.1, 0.15) is 12.4 Å². The number of ether oxygens (including phenoxy) is 1. The molecule has 1 fully saturated rings. The second-order valence-corrected chi connectivity index (χ2v) is 5.96. The molecule has 1 unspecified atom stereocenters. The smallest absolute Gasteiger partial charge is 0.222 e. The number of nitrogens with zero attached hydrogens (tertiary/aromatic N) is 1. The molecule has 0 aromatic heterocycles. The molecule has 21 heavy (non-hydrogen) atoms. The Kier molecular flexibility index (Phi) is 6.33. The van der Waals surface area contributed by atoms with E-state index in [1.807, 2.05) is 25.2 Å². The zero-order valence-corrected chi connectivity index (χ0v) is 13.2. The molecule has 1 N–H and O–H groups in total. The Bertz CT molecular complexity index is 461. The molecule has 1 atom stereocenters. The Balaban J connectivity index is 1.63. The average Bonchev–Trinajstić information content (AvgIpc) is 2.98. The number of rotatable bonds is 7. The van der Waals surface area contributed by atoms with Crippen LogP contribution in [0.3, 0.4) is 0 Å². The molecular formula is C16H23ClN2O2. The molecule has 1 amide bonds. The first kappa shape index (κ1) is 16.1. The summed E-state index contributed by atoms with van der Waals surface area (Å²) >= 11 is 5.89. The van der Waals surface area contributed by atoms with E-state index in [1.165, 1.54) is 6.42 Å². The van der Waals surface area contributed by atoms with Crippen LogP contribution in [0.5, 0.6) is 5.75 Å². The maximum Gasteiger partial charge on any atom is 0.222 e. The Labute approximate surface area is 131 Å². The van der Waals surface area contributed by atoms with E-state index in [1.54, 1.807) is 11.0 Å². The van der Waals surface area contributed by atoms with Gasteiger partial charge < -0.3 is 15.0 Å². The predicted molar refractivity (Wildman–Crippen MR) is 84.8 cm³/mol. The fourth-order valence-corrected chi connectivity index (χ4v) is 2.64. The van der Waals surface area contributed by atoms with Crippen molar-refractivity contribution in [3.63, 3.8) is 0 Å². The average molecular weight is 311 g/mol. The molecule has 4 nitrogen and oxygen atoms in total. The van der Waals surface area contributed by atoms with Gasteiger partial charge in [0.25, 0.3) is 0 Å². The number of carbonyl (C=O) groups is 1. The van der Waals surface area contributed by atoms with E-state index < -0.39 is 0 Å². The summed E-state index contributed by atoms with van der Waals surface area (Å²) in [7, 11) is 1.83. The summed E-state index contributed by atoms with van der Waals surface area (Å²) < 4.78 is 5.60. The van der Waals surface area contributed by atoms with Crippen molar-refractivity contribution >= 4 is 17.5 Å². The standard InChI is InChI=1S/C16H23ClN2O2/c1-19(16(20)6-5-13-7-8-18-12-13)9-10-21-15-4-2-3-14(17)11-15/h2-4,11,13,18H,5-10,12H2,1H3. The van der Waals surface area contributed by atoms with Crippen LogP contribution in [0.2, 0.25) is 5.02 Å². The van der Waals surface area contributed by atoms with Gasteiger partial charge in [0, 0.05) is 18.5 Å². The fraction of sp³-hybridized carbons (Fsp3) is 0.562. The summed E-state index contributed by atoms with van der Waals surface area (Å²) in [6.07, 6.45) is 2.79. The number of hydrogen-bond acceptors (Lipinski definition) is 3. The minimum Gasteiger partial charge on any atom is -0.492 e. The number of nitrogens with one attached hydrogen (secondary N) is 1. The van der Waals surface area contributed by atoms with Gasteiger partial charge in [0.2, 0.25) is 5.91 Å². The molecule has 1 aliphatic heterocycles. The third-order valence-corrected chi connectivity index (χ3v) is 4.08. The number of carbonyl (C=O) groups excluding carboxylic acids is 1. The quantitative estimate of drug-likeness (QED) is 0.841. The van der Waals surface area contributed by atoms with Crippen LogP contribution in [0.1, 0.15) is 19.3 Å². The molecule has 0 spiro atoms. The molecule has 1 saturated heterocycles. The van der Waals surface area contributed by atoms with Crippen molar-refractivity contribution in [2.75, 3.05) is 33.3 Å². The molecule has 0 saturated carbocycles. The molecule has 2 rings (SSSR count). The second kappa shape index (κ2) is 8.25. The highest BCUT2D eigenvalue weighted by atomic mass is 35.5. The Hall–Kier alpha value is -1.26. The van der Waals surface area contributed by atoms with Crippen LogP contribution in [0.15, 0.2) is 24.3 Å². The number of halogens is 1. The molecule has 1 aromatic rings. The monoisotopic (exact) mass is 310 g/mol. The molecule has 116 valence electrons. The highest BCUT2D eigenvalue weighted by Gasteiger charge is 2.17. The van der Waals surface area contributed by atoms with Gasteiger partial charge in [0.15, 0.2) is 0 Å². The van der Waals surface area contributed by atoms with Crippen molar-refractivity contribution in [1.29, 1.82) is 0 Å². The fourth-order valence-electron chi connectivity index (χ4n) is 2.46. The normalized spacial score (nSPS) is 17.7. The Morgan fingerprint density at radius 1 is 1.52 bits per heavy atom. The van der Waals surface area contributed by atoms with E-state index in [2.05, 4.69) is 5.32 Å². The van der Waals surface area contributed by atoms with Crippen molar-refractivity contribution in [3.8, 4) is 5.75 Å². The Morgan fingerprint density at radius 3 is 3.10 bits per heavy atom. The molecule has 0 bridgehead atoms. The molecule has 1 aromatic carbocycles. The first-order valence-corrected chi connectivity index (χ1v) is 7.86. The van der Waals surface area contributed by atoms with Crippen molar-refractivity contribution in [3.05, 3.63) is 29.3 Å². The third-order valence-electron chi connectivity index (χ3n) is 3.85. The summed E-state index contributed by atoms with van der Waals surface area (Å²) in [5.74, 6) is 1.59. The van der Waals surface area contributed by atoms with Crippen LogP contribution in [0, 0.1) is 5.92 Å². The molecule has 0 aliphatic carbocycles. The van der Waals surface area contributed by atoms with Crippen LogP contribution in [0.4, 0.5) is 0 Å². The van der Waals surface area contributed by atoms with E-state index in [0.29, 0.717) is 30.5 Å².